The summed E-state index contributed by atoms with van der Waals surface area (Å²) in [6.07, 6.45) is 0. The van der Waals surface area contributed by atoms with E-state index in [2.05, 4.69) is 15.5 Å². The predicted molar refractivity (Wildman–Crippen MR) is 90.8 cm³/mol. The number of nitrogens with zero attached hydrogens (tertiary/aromatic N) is 3. The highest BCUT2D eigenvalue weighted by molar-refractivity contribution is 8.01. The lowest BCUT2D eigenvalue weighted by molar-refractivity contribution is -0.132. The smallest absolute Gasteiger partial charge is 0.277 e. The van der Waals surface area contributed by atoms with Crippen molar-refractivity contribution in [2.45, 2.75) is 23.9 Å². The zero-order valence-corrected chi connectivity index (χ0v) is 15.5. The van der Waals surface area contributed by atoms with Crippen molar-refractivity contribution in [1.82, 2.24) is 20.4 Å². The number of hydrogen-bond donors (Lipinski definition) is 1. The van der Waals surface area contributed by atoms with E-state index in [4.69, 9.17) is 4.42 Å². The molecule has 27 heavy (non-hydrogen) atoms. The number of halogens is 2. The molecule has 8 nitrogen and oxygen atoms in total. The first-order valence-corrected chi connectivity index (χ1v) is 8.51. The maximum atomic E-state index is 13.6. The molecule has 1 heterocycles. The molecule has 2 amide bonds. The molecule has 2 aromatic rings. The molecule has 0 spiro atoms. The van der Waals surface area contributed by atoms with Crippen LogP contribution in [0.1, 0.15) is 23.2 Å². The van der Waals surface area contributed by atoms with Crippen molar-refractivity contribution in [3.8, 4) is 0 Å². The van der Waals surface area contributed by atoms with E-state index >= 15 is 0 Å². The van der Waals surface area contributed by atoms with Gasteiger partial charge in [0.25, 0.3) is 11.1 Å². The van der Waals surface area contributed by atoms with E-state index in [1.54, 1.807) is 0 Å². The zero-order chi connectivity index (χ0) is 20.1. The van der Waals surface area contributed by atoms with Gasteiger partial charge in [0.05, 0.1) is 6.54 Å². The summed E-state index contributed by atoms with van der Waals surface area (Å²) in [6.45, 7) is 0.978. The Labute approximate surface area is 157 Å². The Balaban J connectivity index is 2.02. The van der Waals surface area contributed by atoms with Gasteiger partial charge in [-0.1, -0.05) is 6.07 Å². The van der Waals surface area contributed by atoms with Gasteiger partial charge in [-0.15, -0.1) is 10.2 Å². The average molecular weight is 398 g/mol. The maximum Gasteiger partial charge on any atom is 0.277 e. The lowest BCUT2D eigenvalue weighted by Crippen LogP contribution is -2.35. The third-order valence-electron chi connectivity index (χ3n) is 3.29. The topological polar surface area (TPSA) is 105 Å². The molecule has 0 aliphatic rings. The van der Waals surface area contributed by atoms with Crippen LogP contribution in [0.15, 0.2) is 27.8 Å². The molecule has 0 radical (unpaired) electrons. The van der Waals surface area contributed by atoms with Gasteiger partial charge in [0.1, 0.15) is 17.2 Å². The van der Waals surface area contributed by atoms with E-state index in [1.807, 2.05) is 0 Å². The van der Waals surface area contributed by atoms with E-state index in [0.29, 0.717) is 0 Å². The highest BCUT2D eigenvalue weighted by Crippen LogP contribution is 2.24. The predicted octanol–water partition coefficient (Wildman–Crippen LogP) is 1.42. The Morgan fingerprint density at radius 1 is 1.22 bits per heavy atom. The summed E-state index contributed by atoms with van der Waals surface area (Å²) in [6, 6.07) is 3.07. The molecule has 1 aromatic carbocycles. The fraction of sp³-hybridized carbons (Fsp3) is 0.312. The molecule has 0 unspecified atom stereocenters. The van der Waals surface area contributed by atoms with E-state index < -0.39 is 34.3 Å². The van der Waals surface area contributed by atoms with Crippen LogP contribution < -0.4 is 5.32 Å². The molecule has 1 atom stereocenters. The largest absolute Gasteiger partial charge is 0.414 e. The van der Waals surface area contributed by atoms with Crippen LogP contribution in [0.5, 0.6) is 0 Å². The molecule has 0 saturated carbocycles. The number of carbonyl (C=O) groups is 3. The lowest BCUT2D eigenvalue weighted by Gasteiger charge is -2.15. The summed E-state index contributed by atoms with van der Waals surface area (Å²) in [5.41, 5.74) is -0.722. The van der Waals surface area contributed by atoms with Crippen molar-refractivity contribution in [3.05, 3.63) is 41.3 Å². The van der Waals surface area contributed by atoms with Crippen LogP contribution in [0, 0.1) is 11.6 Å². The summed E-state index contributed by atoms with van der Waals surface area (Å²) >= 11 is 0.776. The van der Waals surface area contributed by atoms with Gasteiger partial charge in [0.15, 0.2) is 11.0 Å². The van der Waals surface area contributed by atoms with Gasteiger partial charge < -0.3 is 14.6 Å². The highest BCUT2D eigenvalue weighted by atomic mass is 32.2. The number of Topliss-reactive ketones (excluding diaryl/α,β-unsaturated/α-hetero) is 1. The number of nitrogens with one attached hydrogen (secondary N) is 1. The molecular weight excluding hydrogens is 382 g/mol. The summed E-state index contributed by atoms with van der Waals surface area (Å²) in [5, 5.41) is 8.52. The molecule has 0 bridgehead atoms. The van der Waals surface area contributed by atoms with Gasteiger partial charge in [-0.3, -0.25) is 14.4 Å². The second kappa shape index (κ2) is 8.71. The average Bonchev–Trinajstić information content (AvgIpc) is 3.04. The Morgan fingerprint density at radius 3 is 2.41 bits per heavy atom. The van der Waals surface area contributed by atoms with Crippen LogP contribution in [0.2, 0.25) is 0 Å². The van der Waals surface area contributed by atoms with Crippen LogP contribution in [0.4, 0.5) is 8.78 Å². The Bertz CT molecular complexity index is 852. The Hall–Kier alpha value is -2.82. The van der Waals surface area contributed by atoms with Crippen molar-refractivity contribution in [2.75, 3.05) is 14.1 Å². The SMILES string of the molecule is CC(=O)[C@H](Sc1nnc(CNC(=O)c2c(F)cccc2F)o1)C(=O)N(C)C. The van der Waals surface area contributed by atoms with Gasteiger partial charge >= 0.3 is 0 Å². The van der Waals surface area contributed by atoms with Crippen LogP contribution in [-0.2, 0) is 16.1 Å². The fourth-order valence-corrected chi connectivity index (χ4v) is 2.87. The van der Waals surface area contributed by atoms with Crippen molar-refractivity contribution < 1.29 is 27.6 Å². The summed E-state index contributed by atoms with van der Waals surface area (Å²) < 4.78 is 32.4. The van der Waals surface area contributed by atoms with Gasteiger partial charge in [-0.25, -0.2) is 8.78 Å². The van der Waals surface area contributed by atoms with Crippen molar-refractivity contribution in [3.63, 3.8) is 0 Å². The van der Waals surface area contributed by atoms with E-state index in [9.17, 15) is 23.2 Å². The number of benzene rings is 1. The van der Waals surface area contributed by atoms with E-state index in [1.165, 1.54) is 25.9 Å². The highest BCUT2D eigenvalue weighted by Gasteiger charge is 2.28. The lowest BCUT2D eigenvalue weighted by atomic mass is 10.2. The molecule has 144 valence electrons. The zero-order valence-electron chi connectivity index (χ0n) is 14.7. The normalized spacial score (nSPS) is 11.7. The summed E-state index contributed by atoms with van der Waals surface area (Å²) in [4.78, 5) is 36.8. The number of thioether (sulfide) groups is 1. The molecular formula is C16H16F2N4O4S. The standard InChI is InChI=1S/C16H16F2N4O4S/c1-8(23)13(15(25)22(2)3)27-16-21-20-11(26-16)7-19-14(24)12-9(17)5-4-6-10(12)18/h4-6,13H,7H2,1-3H3,(H,19,24)/t13-/m0/s1. The minimum absolute atomic E-state index is 0.0493. The first kappa shape index (κ1) is 20.5. The number of rotatable bonds is 7. The Kier molecular flexibility index (Phi) is 6.61. The molecule has 0 fully saturated rings. The summed E-state index contributed by atoms with van der Waals surface area (Å²) in [5.74, 6) is -3.86. The van der Waals surface area contributed by atoms with Gasteiger partial charge in [-0.05, 0) is 30.8 Å². The minimum Gasteiger partial charge on any atom is -0.414 e. The molecule has 2 rings (SSSR count). The Morgan fingerprint density at radius 2 is 1.85 bits per heavy atom. The third kappa shape index (κ3) is 5.09. The number of ketones is 1. The quantitative estimate of drug-likeness (QED) is 0.555. The molecule has 1 aromatic heterocycles. The first-order chi connectivity index (χ1) is 12.7. The summed E-state index contributed by atoms with van der Waals surface area (Å²) in [7, 11) is 3.02. The number of carbonyl (C=O) groups excluding carboxylic acids is 3. The first-order valence-electron chi connectivity index (χ1n) is 7.63. The van der Waals surface area contributed by atoms with Crippen molar-refractivity contribution in [1.29, 1.82) is 0 Å². The van der Waals surface area contributed by atoms with Crippen LogP contribution in [0.25, 0.3) is 0 Å². The molecule has 1 N–H and O–H groups in total. The van der Waals surface area contributed by atoms with Crippen LogP contribution in [-0.4, -0.2) is 52.0 Å². The second-order valence-corrected chi connectivity index (χ2v) is 6.64. The van der Waals surface area contributed by atoms with Gasteiger partial charge in [0.2, 0.25) is 11.8 Å². The molecule has 0 saturated heterocycles. The van der Waals surface area contributed by atoms with E-state index in [-0.39, 0.29) is 23.4 Å². The second-order valence-electron chi connectivity index (χ2n) is 5.58. The number of amides is 2. The van der Waals surface area contributed by atoms with Gasteiger partial charge in [0, 0.05) is 14.1 Å². The van der Waals surface area contributed by atoms with Crippen LogP contribution >= 0.6 is 11.8 Å². The molecule has 0 aliphatic heterocycles. The molecule has 0 aliphatic carbocycles. The van der Waals surface area contributed by atoms with E-state index in [0.717, 1.165) is 30.0 Å². The molecule has 11 heteroatoms. The minimum atomic E-state index is -1.05. The van der Waals surface area contributed by atoms with Gasteiger partial charge in [-0.2, -0.15) is 0 Å². The third-order valence-corrected chi connectivity index (χ3v) is 4.43. The monoisotopic (exact) mass is 398 g/mol. The van der Waals surface area contributed by atoms with Crippen molar-refractivity contribution in [2.24, 2.45) is 0 Å². The number of hydrogen-bond acceptors (Lipinski definition) is 7. The fourth-order valence-electron chi connectivity index (χ4n) is 1.96. The number of aromatic nitrogens is 2. The van der Waals surface area contributed by atoms with Crippen molar-refractivity contribution >= 4 is 29.4 Å². The van der Waals surface area contributed by atoms with Crippen LogP contribution in [0.3, 0.4) is 0 Å². The maximum absolute atomic E-state index is 13.6.